The minimum Gasteiger partial charge on any atom is -0.325 e. The van der Waals surface area contributed by atoms with Crippen LogP contribution in [0.3, 0.4) is 0 Å². The maximum Gasteiger partial charge on any atom is 0.234 e. The Bertz CT molecular complexity index is 1150. The van der Waals surface area contributed by atoms with Crippen molar-refractivity contribution < 1.29 is 9.18 Å². The number of hydrogen-bond acceptors (Lipinski definition) is 5. The third kappa shape index (κ3) is 4.84. The van der Waals surface area contributed by atoms with Crippen molar-refractivity contribution in [1.29, 1.82) is 0 Å². The normalized spacial score (nSPS) is 10.7. The number of halogens is 2. The highest BCUT2D eigenvalue weighted by atomic mass is 35.5. The van der Waals surface area contributed by atoms with Crippen molar-refractivity contribution in [3.8, 4) is 16.9 Å². The summed E-state index contributed by atoms with van der Waals surface area (Å²) in [5.74, 6) is -0.734. The summed E-state index contributed by atoms with van der Waals surface area (Å²) in [6, 6.07) is 15.7. The molecule has 30 heavy (non-hydrogen) atoms. The average Bonchev–Trinajstić information content (AvgIpc) is 3.30. The predicted octanol–water partition coefficient (Wildman–Crippen LogP) is 4.85. The second kappa shape index (κ2) is 9.06. The highest BCUT2D eigenvalue weighted by Gasteiger charge is 2.08. The second-order valence-corrected chi connectivity index (χ2v) is 7.64. The van der Waals surface area contributed by atoms with Gasteiger partial charge in [-0.25, -0.2) is 9.37 Å². The molecule has 0 unspecified atom stereocenters. The van der Waals surface area contributed by atoms with E-state index in [2.05, 4.69) is 20.5 Å². The number of benzene rings is 2. The molecule has 6 nitrogen and oxygen atoms in total. The second-order valence-electron chi connectivity index (χ2n) is 6.24. The summed E-state index contributed by atoms with van der Waals surface area (Å²) in [6.07, 6.45) is 5.34. The van der Waals surface area contributed by atoms with Gasteiger partial charge in [0.15, 0.2) is 0 Å². The number of carbonyl (C=O) groups excluding carboxylic acids is 1. The Morgan fingerprint density at radius 2 is 1.93 bits per heavy atom. The first-order valence-electron chi connectivity index (χ1n) is 8.89. The van der Waals surface area contributed by atoms with Gasteiger partial charge in [-0.15, -0.1) is 10.2 Å². The van der Waals surface area contributed by atoms with Crippen LogP contribution < -0.4 is 5.32 Å². The number of anilines is 1. The first-order chi connectivity index (χ1) is 14.6. The molecule has 4 rings (SSSR count). The van der Waals surface area contributed by atoms with Crippen LogP contribution in [0, 0.1) is 5.82 Å². The zero-order chi connectivity index (χ0) is 20.9. The van der Waals surface area contributed by atoms with Crippen molar-refractivity contribution >= 4 is 35.0 Å². The van der Waals surface area contributed by atoms with Crippen LogP contribution in [-0.4, -0.2) is 31.4 Å². The zero-order valence-electron chi connectivity index (χ0n) is 15.5. The Labute approximate surface area is 181 Å². The molecule has 2 aromatic heterocycles. The van der Waals surface area contributed by atoms with Crippen LogP contribution in [0.25, 0.3) is 16.9 Å². The highest BCUT2D eigenvalue weighted by molar-refractivity contribution is 7.99. The topological polar surface area (TPSA) is 72.7 Å². The molecular formula is C21H15ClFN5OS. The Hall–Kier alpha value is -3.23. The monoisotopic (exact) mass is 439 g/mol. The molecule has 0 saturated heterocycles. The van der Waals surface area contributed by atoms with Gasteiger partial charge in [-0.3, -0.25) is 4.79 Å². The number of carbonyl (C=O) groups is 1. The van der Waals surface area contributed by atoms with E-state index in [0.29, 0.717) is 10.7 Å². The fraction of sp³-hybridized carbons (Fsp3) is 0.0476. The molecule has 0 fully saturated rings. The third-order valence-corrected chi connectivity index (χ3v) is 5.39. The molecule has 2 heterocycles. The van der Waals surface area contributed by atoms with E-state index in [9.17, 15) is 9.18 Å². The van der Waals surface area contributed by atoms with E-state index < -0.39 is 5.82 Å². The molecular weight excluding hydrogens is 425 g/mol. The van der Waals surface area contributed by atoms with Crippen LogP contribution >= 0.6 is 23.4 Å². The SMILES string of the molecule is O=C(CSc1ccc(-c2ccc(-n3ccnc3)cc2)nn1)Nc1ccc(Cl)c(F)c1. The molecule has 0 aliphatic heterocycles. The molecule has 0 saturated carbocycles. The molecule has 1 amide bonds. The van der Waals surface area contributed by atoms with Gasteiger partial charge in [0, 0.05) is 29.3 Å². The summed E-state index contributed by atoms with van der Waals surface area (Å²) in [5.41, 5.74) is 3.02. The molecule has 0 aliphatic rings. The lowest BCUT2D eigenvalue weighted by molar-refractivity contribution is -0.113. The Balaban J connectivity index is 1.34. The highest BCUT2D eigenvalue weighted by Crippen LogP contribution is 2.22. The van der Waals surface area contributed by atoms with Gasteiger partial charge in [-0.1, -0.05) is 35.5 Å². The lowest BCUT2D eigenvalue weighted by Gasteiger charge is -2.06. The lowest BCUT2D eigenvalue weighted by atomic mass is 10.1. The molecule has 0 aliphatic carbocycles. The fourth-order valence-electron chi connectivity index (χ4n) is 2.68. The van der Waals surface area contributed by atoms with E-state index in [1.165, 1.54) is 23.9 Å². The average molecular weight is 440 g/mol. The fourth-order valence-corrected chi connectivity index (χ4v) is 3.41. The summed E-state index contributed by atoms with van der Waals surface area (Å²) < 4.78 is 15.4. The number of amides is 1. The number of nitrogens with zero attached hydrogens (tertiary/aromatic N) is 4. The van der Waals surface area contributed by atoms with Gasteiger partial charge < -0.3 is 9.88 Å². The molecule has 1 N–H and O–H groups in total. The van der Waals surface area contributed by atoms with Crippen molar-refractivity contribution in [1.82, 2.24) is 19.7 Å². The zero-order valence-corrected chi connectivity index (χ0v) is 17.1. The smallest absolute Gasteiger partial charge is 0.234 e. The quantitative estimate of drug-likeness (QED) is 0.435. The summed E-state index contributed by atoms with van der Waals surface area (Å²) >= 11 is 6.88. The van der Waals surface area contributed by atoms with E-state index in [-0.39, 0.29) is 16.7 Å². The number of rotatable bonds is 6. The van der Waals surface area contributed by atoms with E-state index in [4.69, 9.17) is 11.6 Å². The van der Waals surface area contributed by atoms with Gasteiger partial charge in [0.1, 0.15) is 10.8 Å². The van der Waals surface area contributed by atoms with E-state index in [1.807, 2.05) is 47.2 Å². The summed E-state index contributed by atoms with van der Waals surface area (Å²) in [6.45, 7) is 0. The van der Waals surface area contributed by atoms with Crippen molar-refractivity contribution in [3.63, 3.8) is 0 Å². The minimum absolute atomic E-state index is 0.00843. The van der Waals surface area contributed by atoms with Crippen LogP contribution in [0.4, 0.5) is 10.1 Å². The Kier molecular flexibility index (Phi) is 6.06. The van der Waals surface area contributed by atoms with Crippen LogP contribution in [0.2, 0.25) is 5.02 Å². The van der Waals surface area contributed by atoms with E-state index in [1.54, 1.807) is 18.6 Å². The predicted molar refractivity (Wildman–Crippen MR) is 115 cm³/mol. The first-order valence-corrected chi connectivity index (χ1v) is 10.2. The van der Waals surface area contributed by atoms with Gasteiger partial charge >= 0.3 is 0 Å². The largest absolute Gasteiger partial charge is 0.325 e. The standard InChI is InChI=1S/C21H15ClFN5OS/c22-17-6-3-15(11-18(17)23)25-20(29)12-30-21-8-7-19(26-27-21)14-1-4-16(5-2-14)28-10-9-24-13-28/h1-11,13H,12H2,(H,25,29). The molecule has 4 aromatic rings. The van der Waals surface area contributed by atoms with Gasteiger partial charge in [0.05, 0.1) is 22.8 Å². The van der Waals surface area contributed by atoms with Crippen LogP contribution in [0.5, 0.6) is 0 Å². The van der Waals surface area contributed by atoms with Crippen LogP contribution in [0.15, 0.2) is 78.3 Å². The van der Waals surface area contributed by atoms with Crippen molar-refractivity contribution in [2.45, 2.75) is 5.03 Å². The number of hydrogen-bond donors (Lipinski definition) is 1. The molecule has 2 aromatic carbocycles. The number of thioether (sulfide) groups is 1. The van der Waals surface area contributed by atoms with E-state index >= 15 is 0 Å². The molecule has 9 heteroatoms. The third-order valence-electron chi connectivity index (χ3n) is 4.16. The maximum absolute atomic E-state index is 13.4. The Morgan fingerprint density at radius 1 is 1.10 bits per heavy atom. The minimum atomic E-state index is -0.582. The molecule has 0 spiro atoms. The molecule has 0 radical (unpaired) electrons. The summed E-state index contributed by atoms with van der Waals surface area (Å²) in [4.78, 5) is 16.1. The van der Waals surface area contributed by atoms with Crippen LogP contribution in [-0.2, 0) is 4.79 Å². The van der Waals surface area contributed by atoms with Crippen LogP contribution in [0.1, 0.15) is 0 Å². The van der Waals surface area contributed by atoms with E-state index in [0.717, 1.165) is 16.9 Å². The van der Waals surface area contributed by atoms with Crippen molar-refractivity contribution in [2.24, 2.45) is 0 Å². The molecule has 0 bridgehead atoms. The Morgan fingerprint density at radius 3 is 2.60 bits per heavy atom. The first kappa shape index (κ1) is 20.1. The molecule has 150 valence electrons. The van der Waals surface area contributed by atoms with Gasteiger partial charge in [0.25, 0.3) is 0 Å². The van der Waals surface area contributed by atoms with Crippen molar-refractivity contribution in [2.75, 3.05) is 11.1 Å². The van der Waals surface area contributed by atoms with Crippen molar-refractivity contribution in [3.05, 3.63) is 84.2 Å². The summed E-state index contributed by atoms with van der Waals surface area (Å²) in [7, 11) is 0. The van der Waals surface area contributed by atoms with Gasteiger partial charge in [-0.2, -0.15) is 0 Å². The number of aromatic nitrogens is 4. The maximum atomic E-state index is 13.4. The number of nitrogens with one attached hydrogen (secondary N) is 1. The van der Waals surface area contributed by atoms with Gasteiger partial charge in [0.2, 0.25) is 5.91 Å². The van der Waals surface area contributed by atoms with Gasteiger partial charge in [-0.05, 0) is 42.5 Å². The summed E-state index contributed by atoms with van der Waals surface area (Å²) in [5, 5.41) is 11.7. The lowest BCUT2D eigenvalue weighted by Crippen LogP contribution is -2.14. The number of imidazole rings is 1. The molecule has 0 atom stereocenters.